The monoisotopic (exact) mass is 256 g/mol. The topological polar surface area (TPSA) is 24.9 Å². The predicted octanol–water partition coefficient (Wildman–Crippen LogP) is 3.51. The number of hydrogen-bond acceptors (Lipinski definition) is 2. The molecule has 3 rings (SSSR count). The van der Waals surface area contributed by atoms with Crippen LogP contribution in [0.5, 0.6) is 0 Å². The van der Waals surface area contributed by atoms with Crippen LogP contribution in [-0.2, 0) is 11.8 Å². The fourth-order valence-electron chi connectivity index (χ4n) is 2.56. The standard InChI is InChI=1S/C16H17FN2/c1-16(2)10-19-14-8-12(9-18-15(14)16)6-11-4-3-5-13(17)7-11/h3-5,7-9,19H,6,10H2,1-2H3. The van der Waals surface area contributed by atoms with Crippen LogP contribution in [-0.4, -0.2) is 11.5 Å². The van der Waals surface area contributed by atoms with Crippen LogP contribution in [0.15, 0.2) is 36.5 Å². The Kier molecular flexibility index (Phi) is 2.77. The highest BCUT2D eigenvalue weighted by molar-refractivity contribution is 5.58. The van der Waals surface area contributed by atoms with Crippen molar-refractivity contribution in [1.29, 1.82) is 0 Å². The SMILES string of the molecule is CC1(C)CNc2cc(Cc3cccc(F)c3)cnc21. The Morgan fingerprint density at radius 2 is 2.11 bits per heavy atom. The second-order valence-corrected chi connectivity index (χ2v) is 5.78. The number of nitrogens with one attached hydrogen (secondary N) is 1. The zero-order chi connectivity index (χ0) is 13.5. The third-order valence-electron chi connectivity index (χ3n) is 3.60. The van der Waals surface area contributed by atoms with Crippen molar-refractivity contribution < 1.29 is 4.39 Å². The zero-order valence-electron chi connectivity index (χ0n) is 11.2. The van der Waals surface area contributed by atoms with Crippen molar-refractivity contribution in [1.82, 2.24) is 4.98 Å². The summed E-state index contributed by atoms with van der Waals surface area (Å²) >= 11 is 0. The molecule has 0 saturated carbocycles. The van der Waals surface area contributed by atoms with E-state index >= 15 is 0 Å². The van der Waals surface area contributed by atoms with Crippen molar-refractivity contribution in [3.8, 4) is 0 Å². The molecule has 0 amide bonds. The van der Waals surface area contributed by atoms with E-state index in [1.165, 1.54) is 6.07 Å². The molecule has 2 nitrogen and oxygen atoms in total. The van der Waals surface area contributed by atoms with E-state index in [1.807, 2.05) is 12.3 Å². The van der Waals surface area contributed by atoms with Crippen molar-refractivity contribution in [3.05, 3.63) is 59.2 Å². The van der Waals surface area contributed by atoms with Gasteiger partial charge in [-0.25, -0.2) is 4.39 Å². The Balaban J connectivity index is 1.88. The summed E-state index contributed by atoms with van der Waals surface area (Å²) in [5.41, 5.74) is 4.40. The Bertz CT molecular complexity index is 620. The Morgan fingerprint density at radius 3 is 2.89 bits per heavy atom. The van der Waals surface area contributed by atoms with Gasteiger partial charge in [0.25, 0.3) is 0 Å². The lowest BCUT2D eigenvalue weighted by molar-refractivity contribution is 0.568. The van der Waals surface area contributed by atoms with E-state index in [4.69, 9.17) is 0 Å². The molecule has 0 spiro atoms. The van der Waals surface area contributed by atoms with Crippen molar-refractivity contribution >= 4 is 5.69 Å². The molecule has 0 bridgehead atoms. The molecule has 98 valence electrons. The molecule has 1 N–H and O–H groups in total. The number of anilines is 1. The van der Waals surface area contributed by atoms with E-state index in [1.54, 1.807) is 12.1 Å². The van der Waals surface area contributed by atoms with Crippen LogP contribution >= 0.6 is 0 Å². The molecule has 0 atom stereocenters. The van der Waals surface area contributed by atoms with Crippen LogP contribution in [0.4, 0.5) is 10.1 Å². The summed E-state index contributed by atoms with van der Waals surface area (Å²) in [6, 6.07) is 8.85. The Labute approximate surface area is 112 Å². The first kappa shape index (κ1) is 12.2. The highest BCUT2D eigenvalue weighted by Gasteiger charge is 2.31. The number of nitrogens with zero attached hydrogens (tertiary/aromatic N) is 1. The lowest BCUT2D eigenvalue weighted by atomic mass is 9.91. The van der Waals surface area contributed by atoms with Crippen LogP contribution in [0, 0.1) is 5.82 Å². The largest absolute Gasteiger partial charge is 0.383 e. The predicted molar refractivity (Wildman–Crippen MR) is 75.0 cm³/mol. The van der Waals surface area contributed by atoms with Crippen LogP contribution in [0.25, 0.3) is 0 Å². The maximum atomic E-state index is 13.2. The molecule has 0 radical (unpaired) electrons. The van der Waals surface area contributed by atoms with Gasteiger partial charge in [-0.3, -0.25) is 4.98 Å². The molecule has 0 unspecified atom stereocenters. The van der Waals surface area contributed by atoms with Gasteiger partial charge < -0.3 is 5.32 Å². The Morgan fingerprint density at radius 1 is 1.26 bits per heavy atom. The van der Waals surface area contributed by atoms with Crippen molar-refractivity contribution in [3.63, 3.8) is 0 Å². The number of pyridine rings is 1. The summed E-state index contributed by atoms with van der Waals surface area (Å²) in [7, 11) is 0. The molecule has 0 fully saturated rings. The van der Waals surface area contributed by atoms with Gasteiger partial charge in [0.05, 0.1) is 11.4 Å². The summed E-state index contributed by atoms with van der Waals surface area (Å²) in [4.78, 5) is 4.57. The molecule has 1 aromatic heterocycles. The van der Waals surface area contributed by atoms with Gasteiger partial charge in [0.15, 0.2) is 0 Å². The first-order valence-corrected chi connectivity index (χ1v) is 6.52. The molecular formula is C16H17FN2. The van der Waals surface area contributed by atoms with Gasteiger partial charge in [-0.1, -0.05) is 26.0 Å². The van der Waals surface area contributed by atoms with Crippen LogP contribution in [0.3, 0.4) is 0 Å². The van der Waals surface area contributed by atoms with Gasteiger partial charge in [0.2, 0.25) is 0 Å². The molecule has 0 saturated heterocycles. The summed E-state index contributed by atoms with van der Waals surface area (Å²) in [5.74, 6) is -0.189. The molecule has 1 aromatic carbocycles. The Hall–Kier alpha value is -1.90. The third kappa shape index (κ3) is 2.33. The second kappa shape index (κ2) is 4.34. The van der Waals surface area contributed by atoms with Crippen LogP contribution in [0.2, 0.25) is 0 Å². The minimum absolute atomic E-state index is 0.0900. The summed E-state index contributed by atoms with van der Waals surface area (Å²) in [5, 5.41) is 3.39. The van der Waals surface area contributed by atoms with Crippen molar-refractivity contribution in [2.45, 2.75) is 25.7 Å². The number of hydrogen-bond donors (Lipinski definition) is 1. The molecule has 1 aliphatic rings. The molecular weight excluding hydrogens is 239 g/mol. The highest BCUT2D eigenvalue weighted by Crippen LogP contribution is 2.34. The quantitative estimate of drug-likeness (QED) is 0.889. The van der Waals surface area contributed by atoms with E-state index in [2.05, 4.69) is 30.2 Å². The average molecular weight is 256 g/mol. The minimum atomic E-state index is -0.189. The minimum Gasteiger partial charge on any atom is -0.383 e. The number of halogens is 1. The number of fused-ring (bicyclic) bond motifs is 1. The van der Waals surface area contributed by atoms with Gasteiger partial charge in [0, 0.05) is 18.2 Å². The van der Waals surface area contributed by atoms with Gasteiger partial charge in [-0.2, -0.15) is 0 Å². The van der Waals surface area contributed by atoms with E-state index in [0.29, 0.717) is 6.42 Å². The molecule has 0 aliphatic carbocycles. The summed E-state index contributed by atoms with van der Waals surface area (Å²) in [6.45, 7) is 5.29. The van der Waals surface area contributed by atoms with E-state index in [-0.39, 0.29) is 11.2 Å². The van der Waals surface area contributed by atoms with E-state index in [0.717, 1.165) is 29.1 Å². The second-order valence-electron chi connectivity index (χ2n) is 5.78. The molecule has 3 heteroatoms. The number of benzene rings is 1. The van der Waals surface area contributed by atoms with Gasteiger partial charge in [0.1, 0.15) is 5.82 Å². The number of rotatable bonds is 2. The van der Waals surface area contributed by atoms with Crippen molar-refractivity contribution in [2.24, 2.45) is 0 Å². The fraction of sp³-hybridized carbons (Fsp3) is 0.312. The lowest BCUT2D eigenvalue weighted by Crippen LogP contribution is -2.19. The molecule has 1 aliphatic heterocycles. The first-order chi connectivity index (χ1) is 9.04. The molecule has 2 heterocycles. The van der Waals surface area contributed by atoms with E-state index in [9.17, 15) is 4.39 Å². The summed E-state index contributed by atoms with van der Waals surface area (Å²) < 4.78 is 13.2. The van der Waals surface area contributed by atoms with Gasteiger partial charge >= 0.3 is 0 Å². The molecule has 19 heavy (non-hydrogen) atoms. The maximum Gasteiger partial charge on any atom is 0.123 e. The third-order valence-corrected chi connectivity index (χ3v) is 3.60. The lowest BCUT2D eigenvalue weighted by Gasteiger charge is -2.15. The van der Waals surface area contributed by atoms with E-state index < -0.39 is 0 Å². The van der Waals surface area contributed by atoms with Crippen LogP contribution in [0.1, 0.15) is 30.7 Å². The number of aromatic nitrogens is 1. The highest BCUT2D eigenvalue weighted by atomic mass is 19.1. The maximum absolute atomic E-state index is 13.2. The van der Waals surface area contributed by atoms with Crippen LogP contribution < -0.4 is 5.32 Å². The van der Waals surface area contributed by atoms with Gasteiger partial charge in [-0.05, 0) is 35.7 Å². The smallest absolute Gasteiger partial charge is 0.123 e. The molecule has 2 aromatic rings. The first-order valence-electron chi connectivity index (χ1n) is 6.52. The van der Waals surface area contributed by atoms with Crippen molar-refractivity contribution in [2.75, 3.05) is 11.9 Å². The average Bonchev–Trinajstić information content (AvgIpc) is 2.65. The summed E-state index contributed by atoms with van der Waals surface area (Å²) in [6.07, 6.45) is 2.61. The van der Waals surface area contributed by atoms with Gasteiger partial charge in [-0.15, -0.1) is 0 Å². The normalized spacial score (nSPS) is 15.9. The fourth-order valence-corrected chi connectivity index (χ4v) is 2.56. The zero-order valence-corrected chi connectivity index (χ0v) is 11.2.